The van der Waals surface area contributed by atoms with Gasteiger partial charge in [-0.2, -0.15) is 4.68 Å². The van der Waals surface area contributed by atoms with Crippen molar-refractivity contribution < 1.29 is 4.74 Å². The van der Waals surface area contributed by atoms with Crippen molar-refractivity contribution in [2.45, 2.75) is 20.8 Å². The maximum Gasteiger partial charge on any atom is 0.197 e. The Morgan fingerprint density at radius 3 is 2.62 bits per heavy atom. The van der Waals surface area contributed by atoms with Gasteiger partial charge in [-0.15, -0.1) is 5.10 Å². The van der Waals surface area contributed by atoms with E-state index in [0.717, 1.165) is 5.56 Å². The second kappa shape index (κ2) is 5.85. The Labute approximate surface area is 95.1 Å². The summed E-state index contributed by atoms with van der Waals surface area (Å²) < 4.78 is 6.77. The molecule has 0 spiro atoms. The van der Waals surface area contributed by atoms with Crippen LogP contribution in [0.3, 0.4) is 0 Å². The lowest BCUT2D eigenvalue weighted by Crippen LogP contribution is -2.02. The third kappa shape index (κ3) is 2.56. The molecule has 0 unspecified atom stereocenters. The van der Waals surface area contributed by atoms with Gasteiger partial charge in [-0.05, 0) is 18.6 Å². The van der Waals surface area contributed by atoms with Gasteiger partial charge in [0.25, 0.3) is 0 Å². The van der Waals surface area contributed by atoms with Crippen LogP contribution < -0.4 is 4.74 Å². The van der Waals surface area contributed by atoms with Gasteiger partial charge in [0.15, 0.2) is 11.6 Å². The van der Waals surface area contributed by atoms with Crippen LogP contribution in [0.15, 0.2) is 24.7 Å². The highest BCUT2D eigenvalue weighted by Gasteiger charge is 2.06. The zero-order valence-corrected chi connectivity index (χ0v) is 10.0. The molecule has 2 heterocycles. The molecule has 0 aliphatic rings. The average Bonchev–Trinajstić information content (AvgIpc) is 2.85. The highest BCUT2D eigenvalue weighted by Crippen LogP contribution is 2.19. The molecular formula is C11H16N4O. The molecule has 2 rings (SSSR count). The molecular weight excluding hydrogens is 204 g/mol. The Kier molecular flexibility index (Phi) is 4.44. The summed E-state index contributed by atoms with van der Waals surface area (Å²) in [5, 5.41) is 7.56. The molecule has 0 saturated carbocycles. The van der Waals surface area contributed by atoms with Crippen LogP contribution in [-0.4, -0.2) is 27.1 Å². The maximum atomic E-state index is 5.20. The van der Waals surface area contributed by atoms with Crippen LogP contribution in [0.4, 0.5) is 0 Å². The molecule has 0 aliphatic carbocycles. The lowest BCUT2D eigenvalue weighted by Gasteiger charge is -2.06. The molecule has 0 atom stereocenters. The first-order valence-corrected chi connectivity index (χ1v) is 5.18. The van der Waals surface area contributed by atoms with E-state index in [4.69, 9.17) is 4.74 Å². The fraction of sp³-hybridized carbons (Fsp3) is 0.364. The molecule has 16 heavy (non-hydrogen) atoms. The van der Waals surface area contributed by atoms with Crippen molar-refractivity contribution in [2.24, 2.45) is 0 Å². The van der Waals surface area contributed by atoms with Gasteiger partial charge in [-0.1, -0.05) is 19.1 Å². The number of hydrogen-bond acceptors (Lipinski definition) is 4. The summed E-state index contributed by atoms with van der Waals surface area (Å²) in [6, 6.07) is 1.91. The zero-order chi connectivity index (χ0) is 12.0. The summed E-state index contributed by atoms with van der Waals surface area (Å²) >= 11 is 0. The van der Waals surface area contributed by atoms with Gasteiger partial charge in [-0.3, -0.25) is 0 Å². The molecule has 5 heteroatoms. The van der Waals surface area contributed by atoms with Crippen molar-refractivity contribution in [3.8, 4) is 11.6 Å². The molecule has 0 fully saturated rings. The van der Waals surface area contributed by atoms with Gasteiger partial charge >= 0.3 is 0 Å². The molecule has 2 aromatic heterocycles. The van der Waals surface area contributed by atoms with E-state index in [-0.39, 0.29) is 0 Å². The largest absolute Gasteiger partial charge is 0.493 e. The SMILES string of the molecule is CC.COc1cc(C)cnc1-n1ccnn1. The minimum absolute atomic E-state index is 0.649. The van der Waals surface area contributed by atoms with Crippen LogP contribution in [-0.2, 0) is 0 Å². The zero-order valence-electron chi connectivity index (χ0n) is 10.0. The standard InChI is InChI=1S/C9H10N4O.C2H6/c1-7-5-8(14-2)9(10-6-7)13-4-3-11-12-13;1-2/h3-6H,1-2H3;1-2H3. The van der Waals surface area contributed by atoms with Crippen LogP contribution in [0.2, 0.25) is 0 Å². The van der Waals surface area contributed by atoms with Crippen molar-refractivity contribution in [1.29, 1.82) is 0 Å². The number of aromatic nitrogens is 4. The van der Waals surface area contributed by atoms with Crippen LogP contribution in [0.25, 0.3) is 5.82 Å². The van der Waals surface area contributed by atoms with Gasteiger partial charge in [0.1, 0.15) is 0 Å². The number of ether oxygens (including phenoxy) is 1. The van der Waals surface area contributed by atoms with E-state index in [0.29, 0.717) is 11.6 Å². The van der Waals surface area contributed by atoms with E-state index in [1.54, 1.807) is 30.4 Å². The smallest absolute Gasteiger partial charge is 0.197 e. The van der Waals surface area contributed by atoms with Crippen LogP contribution in [0.1, 0.15) is 19.4 Å². The van der Waals surface area contributed by atoms with Crippen molar-refractivity contribution >= 4 is 0 Å². The molecule has 0 aliphatic heterocycles. The van der Waals surface area contributed by atoms with Crippen molar-refractivity contribution in [1.82, 2.24) is 20.0 Å². The topological polar surface area (TPSA) is 52.8 Å². The molecule has 5 nitrogen and oxygen atoms in total. The van der Waals surface area contributed by atoms with E-state index in [1.165, 1.54) is 0 Å². The molecule has 0 radical (unpaired) electrons. The summed E-state index contributed by atoms with van der Waals surface area (Å²) in [6.07, 6.45) is 5.08. The number of methoxy groups -OCH3 is 1. The fourth-order valence-corrected chi connectivity index (χ4v) is 1.18. The molecule has 0 N–H and O–H groups in total. The summed E-state index contributed by atoms with van der Waals surface area (Å²) in [6.45, 7) is 5.96. The Balaban J connectivity index is 0.000000606. The lowest BCUT2D eigenvalue weighted by atomic mass is 10.3. The first kappa shape index (κ1) is 12.2. The Morgan fingerprint density at radius 1 is 1.31 bits per heavy atom. The fourth-order valence-electron chi connectivity index (χ4n) is 1.18. The second-order valence-corrected chi connectivity index (χ2v) is 2.89. The van der Waals surface area contributed by atoms with Crippen LogP contribution in [0.5, 0.6) is 5.75 Å². The lowest BCUT2D eigenvalue weighted by molar-refractivity contribution is 0.408. The Morgan fingerprint density at radius 2 is 2.06 bits per heavy atom. The van der Waals surface area contributed by atoms with Gasteiger partial charge < -0.3 is 4.74 Å². The predicted octanol–water partition coefficient (Wildman–Crippen LogP) is 2.01. The predicted molar refractivity (Wildman–Crippen MR) is 61.8 cm³/mol. The summed E-state index contributed by atoms with van der Waals surface area (Å²) in [5.41, 5.74) is 1.05. The van der Waals surface area contributed by atoms with E-state index >= 15 is 0 Å². The number of pyridine rings is 1. The molecule has 2 aromatic rings. The molecule has 0 amide bonds. The highest BCUT2D eigenvalue weighted by molar-refractivity contribution is 5.41. The summed E-state index contributed by atoms with van der Waals surface area (Å²) in [4.78, 5) is 4.23. The second-order valence-electron chi connectivity index (χ2n) is 2.89. The Bertz CT molecular complexity index is 426. The van der Waals surface area contributed by atoms with Crippen molar-refractivity contribution in [2.75, 3.05) is 7.11 Å². The molecule has 86 valence electrons. The minimum Gasteiger partial charge on any atom is -0.493 e. The monoisotopic (exact) mass is 220 g/mol. The number of nitrogens with zero attached hydrogens (tertiary/aromatic N) is 4. The van der Waals surface area contributed by atoms with Gasteiger partial charge in [0.2, 0.25) is 0 Å². The van der Waals surface area contributed by atoms with Gasteiger partial charge in [0, 0.05) is 6.20 Å². The van der Waals surface area contributed by atoms with Crippen molar-refractivity contribution in [3.05, 3.63) is 30.2 Å². The van der Waals surface area contributed by atoms with Crippen LogP contribution in [0, 0.1) is 6.92 Å². The normalized spacial score (nSPS) is 9.25. The van der Waals surface area contributed by atoms with E-state index in [2.05, 4.69) is 15.3 Å². The highest BCUT2D eigenvalue weighted by atomic mass is 16.5. The first-order chi connectivity index (χ1) is 7.81. The van der Waals surface area contributed by atoms with Crippen molar-refractivity contribution in [3.63, 3.8) is 0 Å². The third-order valence-electron chi connectivity index (χ3n) is 1.83. The first-order valence-electron chi connectivity index (χ1n) is 5.18. The van der Waals surface area contributed by atoms with E-state index < -0.39 is 0 Å². The quantitative estimate of drug-likeness (QED) is 0.776. The molecule has 0 saturated heterocycles. The van der Waals surface area contributed by atoms with E-state index in [1.807, 2.05) is 26.8 Å². The average molecular weight is 220 g/mol. The number of aryl methyl sites for hydroxylation is 1. The Hall–Kier alpha value is -1.91. The number of hydrogen-bond donors (Lipinski definition) is 0. The minimum atomic E-state index is 0.649. The summed E-state index contributed by atoms with van der Waals surface area (Å²) in [7, 11) is 1.61. The number of rotatable bonds is 2. The third-order valence-corrected chi connectivity index (χ3v) is 1.83. The summed E-state index contributed by atoms with van der Waals surface area (Å²) in [5.74, 6) is 1.34. The van der Waals surface area contributed by atoms with E-state index in [9.17, 15) is 0 Å². The van der Waals surface area contributed by atoms with Gasteiger partial charge in [-0.25, -0.2) is 4.98 Å². The van der Waals surface area contributed by atoms with Crippen LogP contribution >= 0.6 is 0 Å². The van der Waals surface area contributed by atoms with Gasteiger partial charge in [0.05, 0.1) is 19.5 Å². The molecule has 0 bridgehead atoms. The molecule has 0 aromatic carbocycles. The maximum absolute atomic E-state index is 5.20.